The number of aromatic nitrogens is 3. The fourth-order valence-electron chi connectivity index (χ4n) is 4.28. The molecule has 7 nitrogen and oxygen atoms in total. The summed E-state index contributed by atoms with van der Waals surface area (Å²) in [6, 6.07) is 16.2. The zero-order valence-corrected chi connectivity index (χ0v) is 21.4. The second-order valence-electron chi connectivity index (χ2n) is 8.48. The average molecular weight is 521 g/mol. The predicted molar refractivity (Wildman–Crippen MR) is 144 cm³/mol. The van der Waals surface area contributed by atoms with Gasteiger partial charge in [-0.15, -0.1) is 0 Å². The zero-order chi connectivity index (χ0) is 25.1. The van der Waals surface area contributed by atoms with Crippen LogP contribution < -0.4 is 15.6 Å². The second kappa shape index (κ2) is 10.7. The van der Waals surface area contributed by atoms with E-state index in [4.69, 9.17) is 26.3 Å². The summed E-state index contributed by atoms with van der Waals surface area (Å²) in [5, 5.41) is 4.24. The molecule has 0 aliphatic heterocycles. The van der Waals surface area contributed by atoms with Gasteiger partial charge in [-0.2, -0.15) is 0 Å². The Labute approximate surface area is 217 Å². The Morgan fingerprint density at radius 1 is 1.11 bits per heavy atom. The molecule has 2 aromatic carbocycles. The minimum Gasteiger partial charge on any atom is -0.494 e. The average Bonchev–Trinajstić information content (AvgIpc) is 2.88. The van der Waals surface area contributed by atoms with E-state index in [0.717, 1.165) is 42.7 Å². The molecular weight excluding hydrogens is 496 g/mol. The first-order chi connectivity index (χ1) is 17.5. The highest BCUT2D eigenvalue weighted by molar-refractivity contribution is 7.99. The van der Waals surface area contributed by atoms with Crippen LogP contribution in [-0.4, -0.2) is 32.8 Å². The van der Waals surface area contributed by atoms with Gasteiger partial charge in [0, 0.05) is 16.4 Å². The lowest BCUT2D eigenvalue weighted by Crippen LogP contribution is -2.24. The lowest BCUT2D eigenvalue weighted by Gasteiger charge is -2.17. The minimum atomic E-state index is -0.224. The molecule has 9 heteroatoms. The van der Waals surface area contributed by atoms with Crippen LogP contribution in [0.5, 0.6) is 5.75 Å². The number of aryl methyl sites for hydroxylation is 2. The van der Waals surface area contributed by atoms with Crippen molar-refractivity contribution >= 4 is 46.0 Å². The molecule has 184 valence electrons. The molecule has 1 N–H and O–H groups in total. The third-order valence-electron chi connectivity index (χ3n) is 5.95. The van der Waals surface area contributed by atoms with Gasteiger partial charge in [0.2, 0.25) is 5.91 Å². The van der Waals surface area contributed by atoms with E-state index in [2.05, 4.69) is 5.32 Å². The molecule has 2 aromatic heterocycles. The molecule has 0 bridgehead atoms. The third kappa shape index (κ3) is 5.24. The normalized spacial score (nSPS) is 12.8. The Morgan fingerprint density at radius 2 is 1.92 bits per heavy atom. The van der Waals surface area contributed by atoms with Crippen LogP contribution in [0.1, 0.15) is 31.0 Å². The molecule has 1 aliphatic carbocycles. The Balaban J connectivity index is 1.47. The lowest BCUT2D eigenvalue weighted by atomic mass is 9.95. The number of halogens is 1. The molecular formula is C27H25ClN4O3S. The van der Waals surface area contributed by atoms with E-state index < -0.39 is 0 Å². The highest BCUT2D eigenvalue weighted by Gasteiger charge is 2.19. The van der Waals surface area contributed by atoms with Crippen molar-refractivity contribution in [3.05, 3.63) is 81.2 Å². The largest absolute Gasteiger partial charge is 0.494 e. The van der Waals surface area contributed by atoms with E-state index in [1.165, 1.54) is 16.3 Å². The molecule has 0 spiro atoms. The quantitative estimate of drug-likeness (QED) is 0.258. The van der Waals surface area contributed by atoms with Gasteiger partial charge in [0.1, 0.15) is 5.75 Å². The van der Waals surface area contributed by atoms with E-state index in [0.29, 0.717) is 39.2 Å². The first kappa shape index (κ1) is 24.3. The van der Waals surface area contributed by atoms with Crippen LogP contribution in [0.4, 0.5) is 5.69 Å². The molecule has 1 aliphatic rings. The van der Waals surface area contributed by atoms with Gasteiger partial charge >= 0.3 is 0 Å². The third-order valence-corrected chi connectivity index (χ3v) is 7.13. The summed E-state index contributed by atoms with van der Waals surface area (Å²) in [4.78, 5) is 35.9. The van der Waals surface area contributed by atoms with Gasteiger partial charge in [-0.3, -0.25) is 14.2 Å². The van der Waals surface area contributed by atoms with E-state index in [9.17, 15) is 9.59 Å². The number of pyridine rings is 1. The van der Waals surface area contributed by atoms with Crippen LogP contribution in [0.15, 0.2) is 64.5 Å². The molecule has 0 saturated carbocycles. The number of thioether (sulfide) groups is 1. The molecule has 2 heterocycles. The van der Waals surface area contributed by atoms with E-state index in [1.807, 2.05) is 13.0 Å². The van der Waals surface area contributed by atoms with Gasteiger partial charge < -0.3 is 10.1 Å². The molecule has 0 saturated heterocycles. The van der Waals surface area contributed by atoms with Crippen LogP contribution >= 0.6 is 23.4 Å². The number of amides is 1. The van der Waals surface area contributed by atoms with Gasteiger partial charge in [-0.25, -0.2) is 9.97 Å². The van der Waals surface area contributed by atoms with Crippen molar-refractivity contribution in [1.82, 2.24) is 14.5 Å². The minimum absolute atomic E-state index is 0.0661. The Morgan fingerprint density at radius 3 is 2.69 bits per heavy atom. The predicted octanol–water partition coefficient (Wildman–Crippen LogP) is 5.44. The fraction of sp³-hybridized carbons (Fsp3) is 0.259. The molecule has 0 unspecified atom stereocenters. The Hall–Kier alpha value is -3.36. The van der Waals surface area contributed by atoms with Crippen molar-refractivity contribution in [1.29, 1.82) is 0 Å². The number of nitrogens with one attached hydrogen (secondary N) is 1. The number of nitrogens with zero attached hydrogens (tertiary/aromatic N) is 3. The first-order valence-corrected chi connectivity index (χ1v) is 13.2. The van der Waals surface area contributed by atoms with Gasteiger partial charge in [-0.1, -0.05) is 29.4 Å². The molecule has 0 radical (unpaired) electrons. The summed E-state index contributed by atoms with van der Waals surface area (Å²) < 4.78 is 6.96. The number of fused-ring (bicyclic) bond motifs is 2. The SMILES string of the molecule is CCOc1ccc(NC(=O)CSc2nc3nc4c(cc3c(=O)n2-c2cccc(Cl)c2)CCCC4)cc1. The van der Waals surface area contributed by atoms with Crippen LogP contribution in [0.25, 0.3) is 16.7 Å². The van der Waals surface area contributed by atoms with Crippen molar-refractivity contribution < 1.29 is 9.53 Å². The molecule has 4 aromatic rings. The van der Waals surface area contributed by atoms with Gasteiger partial charge in [0.05, 0.1) is 23.4 Å². The maximum atomic E-state index is 13.7. The number of ether oxygens (including phenoxy) is 1. The van der Waals surface area contributed by atoms with Crippen LogP contribution in [0, 0.1) is 0 Å². The number of carbonyl (C=O) groups excluding carboxylic acids is 1. The summed E-state index contributed by atoms with van der Waals surface area (Å²) in [7, 11) is 0. The summed E-state index contributed by atoms with van der Waals surface area (Å²) in [6.07, 6.45) is 3.97. The van der Waals surface area contributed by atoms with E-state index in [1.54, 1.807) is 48.5 Å². The maximum absolute atomic E-state index is 13.7. The second-order valence-corrected chi connectivity index (χ2v) is 9.86. The van der Waals surface area contributed by atoms with Gasteiger partial charge in [0.25, 0.3) is 5.56 Å². The number of hydrogen-bond acceptors (Lipinski definition) is 6. The monoisotopic (exact) mass is 520 g/mol. The van der Waals surface area contributed by atoms with Crippen LogP contribution in [0.3, 0.4) is 0 Å². The zero-order valence-electron chi connectivity index (χ0n) is 19.8. The number of anilines is 1. The van der Waals surface area contributed by atoms with Crippen LogP contribution in [0.2, 0.25) is 5.02 Å². The molecule has 0 fully saturated rings. The summed E-state index contributed by atoms with van der Waals surface area (Å²) in [5.74, 6) is 0.594. The number of hydrogen-bond donors (Lipinski definition) is 1. The van der Waals surface area contributed by atoms with Crippen molar-refractivity contribution in [2.24, 2.45) is 0 Å². The van der Waals surface area contributed by atoms with E-state index in [-0.39, 0.29) is 17.2 Å². The highest BCUT2D eigenvalue weighted by atomic mass is 35.5. The van der Waals surface area contributed by atoms with Crippen LogP contribution in [-0.2, 0) is 17.6 Å². The molecule has 36 heavy (non-hydrogen) atoms. The lowest BCUT2D eigenvalue weighted by molar-refractivity contribution is -0.113. The van der Waals surface area contributed by atoms with Crippen molar-refractivity contribution in [3.8, 4) is 11.4 Å². The Kier molecular flexibility index (Phi) is 7.25. The summed E-state index contributed by atoms with van der Waals surface area (Å²) in [5.41, 5.74) is 3.56. The van der Waals surface area contributed by atoms with Gasteiger partial charge in [-0.05, 0) is 86.7 Å². The Bertz CT molecular complexity index is 1490. The number of benzene rings is 2. The van der Waals surface area contributed by atoms with Crippen molar-refractivity contribution in [2.45, 2.75) is 37.8 Å². The molecule has 1 amide bonds. The summed E-state index contributed by atoms with van der Waals surface area (Å²) in [6.45, 7) is 2.49. The number of carbonyl (C=O) groups is 1. The van der Waals surface area contributed by atoms with E-state index >= 15 is 0 Å². The standard InChI is InChI=1S/C27H25ClN4O3S/c1-2-35-21-12-10-19(11-13-21)29-24(33)16-36-27-31-25-22(14-17-6-3-4-9-23(17)30-25)26(34)32(27)20-8-5-7-18(28)15-20/h5,7-8,10-15H,2-4,6,9,16H2,1H3,(H,29,33). The molecule has 0 atom stereocenters. The highest BCUT2D eigenvalue weighted by Crippen LogP contribution is 2.26. The fourth-order valence-corrected chi connectivity index (χ4v) is 5.27. The smallest absolute Gasteiger partial charge is 0.268 e. The van der Waals surface area contributed by atoms with Crippen molar-refractivity contribution in [2.75, 3.05) is 17.7 Å². The van der Waals surface area contributed by atoms with Gasteiger partial charge in [0.15, 0.2) is 10.8 Å². The number of rotatable bonds is 7. The first-order valence-electron chi connectivity index (χ1n) is 11.9. The van der Waals surface area contributed by atoms with Crippen molar-refractivity contribution in [3.63, 3.8) is 0 Å². The topological polar surface area (TPSA) is 86.1 Å². The summed E-state index contributed by atoms with van der Waals surface area (Å²) >= 11 is 7.42. The molecule has 5 rings (SSSR count). The maximum Gasteiger partial charge on any atom is 0.268 e.